The standard InChI is InChI=1S/C19H32O/c1-18-11-4-3-5-13(18)6-7-14-15-8-9-17(20)19(15,2)12-10-16(14)18/h13-17,20H,3-12H2,1-2H3/t13-,14?,15?,16?,17+,18+,19+/m1/s1. The highest BCUT2D eigenvalue weighted by molar-refractivity contribution is 5.08. The first-order chi connectivity index (χ1) is 9.56. The largest absolute Gasteiger partial charge is 0.393 e. The second-order valence-electron chi connectivity index (χ2n) is 9.04. The van der Waals surface area contributed by atoms with Crippen LogP contribution in [0.25, 0.3) is 0 Å². The first-order valence-corrected chi connectivity index (χ1v) is 9.24. The van der Waals surface area contributed by atoms with Crippen molar-refractivity contribution in [2.75, 3.05) is 0 Å². The highest BCUT2D eigenvalue weighted by Crippen LogP contribution is 2.66. The van der Waals surface area contributed by atoms with Crippen LogP contribution in [0, 0.1) is 34.5 Å². The smallest absolute Gasteiger partial charge is 0.0596 e. The van der Waals surface area contributed by atoms with Gasteiger partial charge in [0.15, 0.2) is 0 Å². The van der Waals surface area contributed by atoms with E-state index in [9.17, 15) is 5.11 Å². The Balaban J connectivity index is 1.64. The first kappa shape index (κ1) is 13.6. The summed E-state index contributed by atoms with van der Waals surface area (Å²) >= 11 is 0. The zero-order valence-corrected chi connectivity index (χ0v) is 13.4. The third-order valence-corrected chi connectivity index (χ3v) is 8.53. The van der Waals surface area contributed by atoms with Crippen LogP contribution in [0.5, 0.6) is 0 Å². The van der Waals surface area contributed by atoms with Crippen molar-refractivity contribution in [3.8, 4) is 0 Å². The van der Waals surface area contributed by atoms with Gasteiger partial charge in [0.2, 0.25) is 0 Å². The van der Waals surface area contributed by atoms with Crippen molar-refractivity contribution in [2.45, 2.75) is 84.2 Å². The Labute approximate surface area is 124 Å². The average Bonchev–Trinajstić information content (AvgIpc) is 2.74. The summed E-state index contributed by atoms with van der Waals surface area (Å²) in [4.78, 5) is 0. The maximum absolute atomic E-state index is 10.5. The maximum atomic E-state index is 10.5. The van der Waals surface area contributed by atoms with Crippen molar-refractivity contribution in [1.29, 1.82) is 0 Å². The van der Waals surface area contributed by atoms with E-state index in [1.165, 1.54) is 57.8 Å². The molecule has 0 radical (unpaired) electrons. The van der Waals surface area contributed by atoms with Crippen LogP contribution in [0.4, 0.5) is 0 Å². The van der Waals surface area contributed by atoms with Gasteiger partial charge in [-0.3, -0.25) is 0 Å². The summed E-state index contributed by atoms with van der Waals surface area (Å²) in [5.41, 5.74) is 0.912. The third kappa shape index (κ3) is 1.65. The van der Waals surface area contributed by atoms with Crippen LogP contribution in [0.1, 0.15) is 78.1 Å². The molecule has 1 heteroatoms. The van der Waals surface area contributed by atoms with Crippen LogP contribution in [-0.4, -0.2) is 11.2 Å². The lowest BCUT2D eigenvalue weighted by Crippen LogP contribution is -2.53. The van der Waals surface area contributed by atoms with Gasteiger partial charge in [-0.2, -0.15) is 0 Å². The van der Waals surface area contributed by atoms with Crippen molar-refractivity contribution >= 4 is 0 Å². The Bertz CT molecular complexity index is 391. The van der Waals surface area contributed by atoms with E-state index in [0.29, 0.717) is 5.41 Å². The zero-order chi connectivity index (χ0) is 14.0. The summed E-state index contributed by atoms with van der Waals surface area (Å²) in [5.74, 6) is 3.76. The summed E-state index contributed by atoms with van der Waals surface area (Å²) in [7, 11) is 0. The quantitative estimate of drug-likeness (QED) is 0.675. The van der Waals surface area contributed by atoms with Gasteiger partial charge < -0.3 is 5.11 Å². The minimum atomic E-state index is -0.00895. The molecule has 0 spiro atoms. The molecular weight excluding hydrogens is 244 g/mol. The first-order valence-electron chi connectivity index (χ1n) is 9.24. The molecule has 7 atom stereocenters. The Morgan fingerprint density at radius 1 is 0.750 bits per heavy atom. The van der Waals surface area contributed by atoms with E-state index in [-0.39, 0.29) is 11.5 Å². The molecule has 4 aliphatic carbocycles. The number of rotatable bonds is 0. The van der Waals surface area contributed by atoms with E-state index in [1.807, 2.05) is 0 Å². The van der Waals surface area contributed by atoms with Gasteiger partial charge in [0.25, 0.3) is 0 Å². The topological polar surface area (TPSA) is 20.2 Å². The second-order valence-corrected chi connectivity index (χ2v) is 9.04. The summed E-state index contributed by atoms with van der Waals surface area (Å²) in [6.07, 6.45) is 14.0. The van der Waals surface area contributed by atoms with Crippen LogP contribution in [0.15, 0.2) is 0 Å². The molecule has 114 valence electrons. The molecular formula is C19H32O. The predicted octanol–water partition coefficient (Wildman–Crippen LogP) is 4.78. The van der Waals surface area contributed by atoms with E-state index >= 15 is 0 Å². The third-order valence-electron chi connectivity index (χ3n) is 8.53. The molecule has 0 aromatic carbocycles. The van der Waals surface area contributed by atoms with E-state index < -0.39 is 0 Å². The van der Waals surface area contributed by atoms with Crippen LogP contribution >= 0.6 is 0 Å². The van der Waals surface area contributed by atoms with Crippen molar-refractivity contribution < 1.29 is 5.11 Å². The highest BCUT2D eigenvalue weighted by atomic mass is 16.3. The second kappa shape index (κ2) is 4.48. The highest BCUT2D eigenvalue weighted by Gasteiger charge is 2.59. The number of hydrogen-bond donors (Lipinski definition) is 1. The fourth-order valence-electron chi connectivity index (χ4n) is 7.27. The Kier molecular flexibility index (Phi) is 3.05. The molecule has 0 aromatic rings. The van der Waals surface area contributed by atoms with E-state index in [1.54, 1.807) is 0 Å². The SMILES string of the molecule is C[C@]12CCC3C(CC[C@H]4CCCC[C@]34C)C1CC[C@@H]2O. The molecule has 0 heterocycles. The number of hydrogen-bond acceptors (Lipinski definition) is 1. The van der Waals surface area contributed by atoms with Crippen molar-refractivity contribution in [3.63, 3.8) is 0 Å². The molecule has 4 aliphatic rings. The lowest BCUT2D eigenvalue weighted by Gasteiger charge is -2.60. The van der Waals surface area contributed by atoms with E-state index in [2.05, 4.69) is 13.8 Å². The molecule has 0 bridgehead atoms. The lowest BCUT2D eigenvalue weighted by atomic mass is 9.45. The molecule has 3 unspecified atom stereocenters. The normalized spacial score (nSPS) is 58.6. The molecule has 0 saturated heterocycles. The minimum absolute atomic E-state index is 0.00895. The monoisotopic (exact) mass is 276 g/mol. The van der Waals surface area contributed by atoms with Gasteiger partial charge in [-0.1, -0.05) is 26.7 Å². The summed E-state index contributed by atoms with van der Waals surface area (Å²) < 4.78 is 0. The molecule has 4 saturated carbocycles. The number of aliphatic hydroxyl groups excluding tert-OH is 1. The molecule has 1 nitrogen and oxygen atoms in total. The van der Waals surface area contributed by atoms with Gasteiger partial charge in [0.1, 0.15) is 0 Å². The maximum Gasteiger partial charge on any atom is 0.0596 e. The summed E-state index contributed by atoms with van der Waals surface area (Å²) in [6.45, 7) is 5.04. The Hall–Kier alpha value is -0.0400. The molecule has 0 amide bonds. The Morgan fingerprint density at radius 2 is 1.55 bits per heavy atom. The van der Waals surface area contributed by atoms with Crippen LogP contribution in [0.3, 0.4) is 0 Å². The van der Waals surface area contributed by atoms with Crippen molar-refractivity contribution in [3.05, 3.63) is 0 Å². The lowest BCUT2D eigenvalue weighted by molar-refractivity contribution is -0.120. The predicted molar refractivity (Wildman–Crippen MR) is 82.4 cm³/mol. The fraction of sp³-hybridized carbons (Fsp3) is 1.00. The van der Waals surface area contributed by atoms with Gasteiger partial charge in [0.05, 0.1) is 6.10 Å². The van der Waals surface area contributed by atoms with Crippen molar-refractivity contribution in [1.82, 2.24) is 0 Å². The number of fused-ring (bicyclic) bond motifs is 5. The van der Waals surface area contributed by atoms with Gasteiger partial charge in [-0.05, 0) is 85.9 Å². The van der Waals surface area contributed by atoms with Crippen LogP contribution < -0.4 is 0 Å². The van der Waals surface area contributed by atoms with E-state index in [0.717, 1.165) is 30.1 Å². The molecule has 4 fully saturated rings. The van der Waals surface area contributed by atoms with Crippen molar-refractivity contribution in [2.24, 2.45) is 34.5 Å². The summed E-state index contributed by atoms with van der Waals surface area (Å²) in [5, 5.41) is 10.5. The molecule has 4 rings (SSSR count). The van der Waals surface area contributed by atoms with Crippen LogP contribution in [-0.2, 0) is 0 Å². The minimum Gasteiger partial charge on any atom is -0.393 e. The summed E-state index contributed by atoms with van der Waals surface area (Å²) in [6, 6.07) is 0. The van der Waals surface area contributed by atoms with Gasteiger partial charge >= 0.3 is 0 Å². The van der Waals surface area contributed by atoms with Crippen LogP contribution in [0.2, 0.25) is 0 Å². The average molecular weight is 276 g/mol. The molecule has 1 N–H and O–H groups in total. The molecule has 20 heavy (non-hydrogen) atoms. The van der Waals surface area contributed by atoms with E-state index in [4.69, 9.17) is 0 Å². The van der Waals surface area contributed by atoms with Gasteiger partial charge in [-0.25, -0.2) is 0 Å². The Morgan fingerprint density at radius 3 is 2.40 bits per heavy atom. The van der Waals surface area contributed by atoms with Gasteiger partial charge in [-0.15, -0.1) is 0 Å². The zero-order valence-electron chi connectivity index (χ0n) is 13.4. The fourth-order valence-corrected chi connectivity index (χ4v) is 7.27. The number of aliphatic hydroxyl groups is 1. The molecule has 0 aliphatic heterocycles. The molecule has 0 aromatic heterocycles. The van der Waals surface area contributed by atoms with Gasteiger partial charge in [0, 0.05) is 0 Å².